The van der Waals surface area contributed by atoms with Crippen molar-refractivity contribution in [2.24, 2.45) is 5.92 Å². The quantitative estimate of drug-likeness (QED) is 0.461. The summed E-state index contributed by atoms with van der Waals surface area (Å²) in [5.74, 6) is 0.712. The number of piperazine rings is 1. The molecule has 2 aromatic heterocycles. The Morgan fingerprint density at radius 1 is 1.00 bits per heavy atom. The van der Waals surface area contributed by atoms with E-state index in [4.69, 9.17) is 9.47 Å². The number of rotatable bonds is 7. The number of piperidine rings is 1. The van der Waals surface area contributed by atoms with Crippen molar-refractivity contribution in [3.63, 3.8) is 0 Å². The second kappa shape index (κ2) is 12.3. The number of nitrogens with zero attached hydrogens (tertiary/aromatic N) is 5. The third-order valence-corrected chi connectivity index (χ3v) is 7.36. The van der Waals surface area contributed by atoms with Gasteiger partial charge in [0.2, 0.25) is 0 Å². The van der Waals surface area contributed by atoms with Crippen LogP contribution in [0.3, 0.4) is 0 Å². The smallest absolute Gasteiger partial charge is 0.409 e. The maximum atomic E-state index is 13.2. The number of aromatic nitrogens is 2. The van der Waals surface area contributed by atoms with E-state index >= 15 is 0 Å². The Morgan fingerprint density at radius 3 is 2.56 bits per heavy atom. The van der Waals surface area contributed by atoms with E-state index in [1.165, 1.54) is 16.2 Å². The van der Waals surface area contributed by atoms with Gasteiger partial charge in [-0.3, -0.25) is 18.9 Å². The predicted molar refractivity (Wildman–Crippen MR) is 146 cm³/mol. The molecule has 2 fully saturated rings. The fourth-order valence-electron chi connectivity index (χ4n) is 5.20. The van der Waals surface area contributed by atoms with Gasteiger partial charge in [0.15, 0.2) is 0 Å². The number of likely N-dealkylation sites (tertiary alicyclic amines) is 1. The first-order chi connectivity index (χ1) is 19.0. The van der Waals surface area contributed by atoms with Crippen molar-refractivity contribution < 1.29 is 19.1 Å². The van der Waals surface area contributed by atoms with Crippen molar-refractivity contribution in [1.82, 2.24) is 24.1 Å². The van der Waals surface area contributed by atoms with Gasteiger partial charge in [-0.25, -0.2) is 9.78 Å². The van der Waals surface area contributed by atoms with Crippen LogP contribution in [-0.4, -0.2) is 88.6 Å². The highest BCUT2D eigenvalue weighted by molar-refractivity contribution is 5.93. The number of carbonyl (C=O) groups is 2. The molecule has 10 nitrogen and oxygen atoms in total. The molecule has 0 saturated carbocycles. The second-order valence-corrected chi connectivity index (χ2v) is 10.1. The fraction of sp³-hybridized carbons (Fsp3) is 0.448. The maximum Gasteiger partial charge on any atom is 0.409 e. The van der Waals surface area contributed by atoms with Crippen LogP contribution in [0.5, 0.6) is 5.75 Å². The van der Waals surface area contributed by atoms with Gasteiger partial charge in [0, 0.05) is 64.1 Å². The first-order valence-corrected chi connectivity index (χ1v) is 13.6. The number of ether oxygens (including phenoxy) is 2. The zero-order valence-electron chi connectivity index (χ0n) is 22.3. The topological polar surface area (TPSA) is 96.7 Å². The highest BCUT2D eigenvalue weighted by Gasteiger charge is 2.27. The molecule has 0 bridgehead atoms. The van der Waals surface area contributed by atoms with E-state index in [0.29, 0.717) is 45.0 Å². The minimum atomic E-state index is -0.343. The Morgan fingerprint density at radius 2 is 1.79 bits per heavy atom. The van der Waals surface area contributed by atoms with Crippen LogP contribution in [0.15, 0.2) is 59.7 Å². The number of pyridine rings is 1. The van der Waals surface area contributed by atoms with Crippen LogP contribution in [0, 0.1) is 5.92 Å². The fourth-order valence-corrected chi connectivity index (χ4v) is 5.20. The van der Waals surface area contributed by atoms with Gasteiger partial charge in [0.05, 0.1) is 13.2 Å². The molecule has 0 radical (unpaired) electrons. The molecule has 2 amide bonds. The number of fused-ring (bicyclic) bond motifs is 1. The van der Waals surface area contributed by atoms with Crippen molar-refractivity contribution in [1.29, 1.82) is 0 Å². The molecule has 2 aliphatic rings. The normalized spacial score (nSPS) is 18.2. The largest absolute Gasteiger partial charge is 0.493 e. The molecule has 1 atom stereocenters. The zero-order chi connectivity index (χ0) is 27.2. The van der Waals surface area contributed by atoms with Crippen molar-refractivity contribution in [2.75, 3.05) is 52.5 Å². The van der Waals surface area contributed by atoms with E-state index in [9.17, 15) is 14.4 Å². The lowest BCUT2D eigenvalue weighted by Crippen LogP contribution is -2.48. The van der Waals surface area contributed by atoms with E-state index in [1.807, 2.05) is 25.1 Å². The molecule has 5 rings (SSSR count). The molecule has 4 heterocycles. The molecule has 0 spiro atoms. The Labute approximate surface area is 227 Å². The molecule has 1 aromatic carbocycles. The average molecular weight is 534 g/mol. The van der Waals surface area contributed by atoms with E-state index < -0.39 is 0 Å². The number of carbonyl (C=O) groups excluding carboxylic acids is 2. The van der Waals surface area contributed by atoms with Crippen molar-refractivity contribution in [3.8, 4) is 5.75 Å². The lowest BCUT2D eigenvalue weighted by atomic mass is 9.98. The zero-order valence-corrected chi connectivity index (χ0v) is 22.3. The Kier molecular flexibility index (Phi) is 8.41. The summed E-state index contributed by atoms with van der Waals surface area (Å²) in [4.78, 5) is 48.0. The number of amides is 2. The molecule has 10 heteroatoms. The summed E-state index contributed by atoms with van der Waals surface area (Å²) in [5, 5.41) is 0. The van der Waals surface area contributed by atoms with Gasteiger partial charge in [-0.1, -0.05) is 18.2 Å². The lowest BCUT2D eigenvalue weighted by molar-refractivity contribution is 0.0630. The summed E-state index contributed by atoms with van der Waals surface area (Å²) in [6.45, 7) is 7.69. The van der Waals surface area contributed by atoms with Gasteiger partial charge in [-0.2, -0.15) is 0 Å². The van der Waals surface area contributed by atoms with Gasteiger partial charge >= 0.3 is 6.09 Å². The summed E-state index contributed by atoms with van der Waals surface area (Å²) >= 11 is 0. The van der Waals surface area contributed by atoms with Gasteiger partial charge < -0.3 is 19.3 Å². The minimum absolute atomic E-state index is 0.0955. The van der Waals surface area contributed by atoms with Crippen molar-refractivity contribution in [3.05, 3.63) is 76.3 Å². The van der Waals surface area contributed by atoms with E-state index in [0.717, 1.165) is 38.2 Å². The Bertz CT molecular complexity index is 1350. The van der Waals surface area contributed by atoms with Gasteiger partial charge in [0.1, 0.15) is 17.0 Å². The molecular weight excluding hydrogens is 498 g/mol. The molecule has 2 saturated heterocycles. The first kappa shape index (κ1) is 26.7. The van der Waals surface area contributed by atoms with Gasteiger partial charge in [0.25, 0.3) is 11.5 Å². The standard InChI is InChI=1S/C29H35N5O5/c1-2-38-29(37)32-16-14-31(15-17-32)19-22-8-10-24(11-9-22)39-21-23-6-5-12-33(20-23)27(35)25-18-30-26-7-3-4-13-34(26)28(25)36/h3-4,7-11,13,18,23H,2,5-6,12,14-17,19-21H2,1H3. The van der Waals surface area contributed by atoms with E-state index in [-0.39, 0.29) is 29.0 Å². The van der Waals surface area contributed by atoms with Gasteiger partial charge in [-0.05, 0) is 49.6 Å². The molecule has 0 aliphatic carbocycles. The van der Waals surface area contributed by atoms with Crippen LogP contribution in [0.25, 0.3) is 5.65 Å². The Balaban J connectivity index is 1.10. The molecular formula is C29H35N5O5. The highest BCUT2D eigenvalue weighted by Crippen LogP contribution is 2.21. The summed E-state index contributed by atoms with van der Waals surface area (Å²) in [6, 6.07) is 13.4. The second-order valence-electron chi connectivity index (χ2n) is 10.1. The van der Waals surface area contributed by atoms with Crippen LogP contribution < -0.4 is 10.3 Å². The molecule has 2 aliphatic heterocycles. The molecule has 1 unspecified atom stereocenters. The molecule has 0 N–H and O–H groups in total. The third-order valence-electron chi connectivity index (χ3n) is 7.36. The maximum absolute atomic E-state index is 13.2. The minimum Gasteiger partial charge on any atom is -0.493 e. The van der Waals surface area contributed by atoms with Crippen LogP contribution in [-0.2, 0) is 11.3 Å². The molecule has 3 aromatic rings. The van der Waals surface area contributed by atoms with E-state index in [2.05, 4.69) is 22.0 Å². The Hall–Kier alpha value is -3.92. The number of hydrogen-bond acceptors (Lipinski definition) is 7. The summed E-state index contributed by atoms with van der Waals surface area (Å²) in [5.41, 5.74) is 1.46. The summed E-state index contributed by atoms with van der Waals surface area (Å²) in [7, 11) is 0. The van der Waals surface area contributed by atoms with E-state index in [1.54, 1.807) is 28.1 Å². The lowest BCUT2D eigenvalue weighted by Gasteiger charge is -2.34. The molecule has 39 heavy (non-hydrogen) atoms. The number of hydrogen-bond donors (Lipinski definition) is 0. The SMILES string of the molecule is CCOC(=O)N1CCN(Cc2ccc(OCC3CCCN(C(=O)c4cnc5ccccn5c4=O)C3)cc2)CC1. The van der Waals surface area contributed by atoms with Crippen LogP contribution in [0.4, 0.5) is 4.79 Å². The van der Waals surface area contributed by atoms with Crippen LogP contribution in [0.2, 0.25) is 0 Å². The van der Waals surface area contributed by atoms with Crippen LogP contribution in [0.1, 0.15) is 35.7 Å². The predicted octanol–water partition coefficient (Wildman–Crippen LogP) is 2.90. The number of benzene rings is 1. The first-order valence-electron chi connectivity index (χ1n) is 13.6. The molecule has 206 valence electrons. The van der Waals surface area contributed by atoms with Crippen molar-refractivity contribution >= 4 is 17.6 Å². The highest BCUT2D eigenvalue weighted by atomic mass is 16.6. The summed E-state index contributed by atoms with van der Waals surface area (Å²) < 4.78 is 12.6. The van der Waals surface area contributed by atoms with Crippen LogP contribution >= 0.6 is 0 Å². The van der Waals surface area contributed by atoms with Gasteiger partial charge in [-0.15, -0.1) is 0 Å². The third kappa shape index (κ3) is 6.39. The monoisotopic (exact) mass is 533 g/mol. The summed E-state index contributed by atoms with van der Waals surface area (Å²) in [6.07, 6.45) is 4.62. The average Bonchev–Trinajstić information content (AvgIpc) is 2.97. The van der Waals surface area contributed by atoms with Crippen molar-refractivity contribution in [2.45, 2.75) is 26.3 Å².